The number of rotatable bonds is 3. The first kappa shape index (κ1) is 22.8. The summed E-state index contributed by atoms with van der Waals surface area (Å²) in [5.41, 5.74) is -0.523. The van der Waals surface area contributed by atoms with Crippen LogP contribution in [0.2, 0.25) is 0 Å². The number of esters is 1. The molecular formula is C26H29F3O3. The number of carbonyl (C=O) groups is 1. The standard InChI is InChI=1S/C26H29F3O3/c1-23-12-6-9-19-15-20(22(30)32-2)10-11-21(19)24(23,16-18-7-4-3-5-8-18)13-14-25(31,17-23)26(27,28)29/h3-5,7-8,10-11,15,31H,6,9,12-14,16-17H2,1-2H3/t23-,24-,25-/m1/s1. The summed E-state index contributed by atoms with van der Waals surface area (Å²) in [5, 5.41) is 10.7. The molecule has 2 aromatic carbocycles. The minimum atomic E-state index is -4.67. The van der Waals surface area contributed by atoms with Crippen LogP contribution in [0.25, 0.3) is 0 Å². The van der Waals surface area contributed by atoms with Gasteiger partial charge in [0.15, 0.2) is 5.60 Å². The summed E-state index contributed by atoms with van der Waals surface area (Å²) >= 11 is 0. The van der Waals surface area contributed by atoms with Gasteiger partial charge in [0, 0.05) is 5.41 Å². The van der Waals surface area contributed by atoms with E-state index in [-0.39, 0.29) is 19.3 Å². The first-order valence-corrected chi connectivity index (χ1v) is 11.1. The lowest BCUT2D eigenvalue weighted by Gasteiger charge is -2.57. The molecule has 1 saturated carbocycles. The molecule has 172 valence electrons. The molecule has 3 nitrogen and oxygen atoms in total. The number of carbonyl (C=O) groups excluding carboxylic acids is 1. The summed E-state index contributed by atoms with van der Waals surface area (Å²) in [7, 11) is 1.33. The molecule has 0 radical (unpaired) electrons. The Kier molecular flexibility index (Phi) is 5.64. The van der Waals surface area contributed by atoms with Crippen molar-refractivity contribution in [2.75, 3.05) is 7.11 Å². The normalized spacial score (nSPS) is 30.1. The fourth-order valence-corrected chi connectivity index (χ4v) is 6.18. The SMILES string of the molecule is COC(=O)c1ccc2c(c1)CCC[C@]1(C)C[C@@](O)(C(F)(F)F)CC[C@@]21Cc1ccccc1. The Morgan fingerprint density at radius 3 is 2.47 bits per heavy atom. The van der Waals surface area contributed by atoms with Crippen LogP contribution in [0.1, 0.15) is 66.1 Å². The molecule has 2 aliphatic carbocycles. The van der Waals surface area contributed by atoms with Gasteiger partial charge in [-0.05, 0) is 79.2 Å². The molecule has 0 aromatic heterocycles. The van der Waals surface area contributed by atoms with Crippen LogP contribution in [-0.2, 0) is 23.0 Å². The molecule has 0 spiro atoms. The van der Waals surface area contributed by atoms with Gasteiger partial charge in [0.1, 0.15) is 0 Å². The van der Waals surface area contributed by atoms with E-state index in [2.05, 4.69) is 0 Å². The Morgan fingerprint density at radius 1 is 1.09 bits per heavy atom. The Morgan fingerprint density at radius 2 is 1.81 bits per heavy atom. The highest BCUT2D eigenvalue weighted by atomic mass is 19.4. The smallest absolute Gasteiger partial charge is 0.417 e. The third kappa shape index (κ3) is 3.62. The highest BCUT2D eigenvalue weighted by Crippen LogP contribution is 2.62. The summed E-state index contributed by atoms with van der Waals surface area (Å²) in [4.78, 5) is 12.1. The van der Waals surface area contributed by atoms with E-state index in [1.54, 1.807) is 6.07 Å². The second-order valence-electron chi connectivity index (χ2n) is 9.73. The zero-order valence-electron chi connectivity index (χ0n) is 18.5. The van der Waals surface area contributed by atoms with Gasteiger partial charge in [0.25, 0.3) is 0 Å². The van der Waals surface area contributed by atoms with Gasteiger partial charge in [-0.3, -0.25) is 0 Å². The number of methoxy groups -OCH3 is 1. The number of hydrogen-bond donors (Lipinski definition) is 1. The zero-order valence-corrected chi connectivity index (χ0v) is 18.5. The lowest BCUT2D eigenvalue weighted by molar-refractivity contribution is -0.287. The van der Waals surface area contributed by atoms with E-state index in [1.165, 1.54) is 7.11 Å². The van der Waals surface area contributed by atoms with Crippen LogP contribution < -0.4 is 0 Å². The van der Waals surface area contributed by atoms with Gasteiger partial charge < -0.3 is 9.84 Å². The molecule has 32 heavy (non-hydrogen) atoms. The molecule has 0 heterocycles. The largest absolute Gasteiger partial charge is 0.465 e. The van der Waals surface area contributed by atoms with E-state index < -0.39 is 28.6 Å². The molecule has 4 rings (SSSR count). The third-order valence-electron chi connectivity index (χ3n) is 7.90. The predicted octanol–water partition coefficient (Wildman–Crippen LogP) is 5.77. The first-order chi connectivity index (χ1) is 15.0. The molecule has 2 aliphatic rings. The van der Waals surface area contributed by atoms with Crippen molar-refractivity contribution in [3.8, 4) is 0 Å². The number of ether oxygens (including phenoxy) is 1. The molecule has 0 unspecified atom stereocenters. The van der Waals surface area contributed by atoms with Gasteiger partial charge >= 0.3 is 12.1 Å². The molecule has 0 amide bonds. The van der Waals surface area contributed by atoms with Crippen molar-refractivity contribution >= 4 is 5.97 Å². The van der Waals surface area contributed by atoms with Gasteiger partial charge in [0.05, 0.1) is 12.7 Å². The number of fused-ring (bicyclic) bond motifs is 3. The molecular weight excluding hydrogens is 417 g/mol. The zero-order chi connectivity index (χ0) is 23.2. The van der Waals surface area contributed by atoms with Gasteiger partial charge in [0.2, 0.25) is 0 Å². The van der Waals surface area contributed by atoms with Crippen molar-refractivity contribution in [1.29, 1.82) is 0 Å². The fourth-order valence-electron chi connectivity index (χ4n) is 6.18. The van der Waals surface area contributed by atoms with E-state index >= 15 is 0 Å². The van der Waals surface area contributed by atoms with Crippen LogP contribution in [0.15, 0.2) is 48.5 Å². The van der Waals surface area contributed by atoms with Crippen LogP contribution in [0.4, 0.5) is 13.2 Å². The van der Waals surface area contributed by atoms with Crippen LogP contribution >= 0.6 is 0 Å². The molecule has 1 fully saturated rings. The topological polar surface area (TPSA) is 46.5 Å². The number of alkyl halides is 3. The Balaban J connectivity index is 1.89. The van der Waals surface area contributed by atoms with Gasteiger partial charge in [-0.25, -0.2) is 4.79 Å². The fraction of sp³-hybridized carbons (Fsp3) is 0.500. The van der Waals surface area contributed by atoms with Crippen molar-refractivity contribution in [2.24, 2.45) is 5.41 Å². The third-order valence-corrected chi connectivity index (χ3v) is 7.90. The second kappa shape index (κ2) is 7.91. The Bertz CT molecular complexity index is 1000. The van der Waals surface area contributed by atoms with Gasteiger partial charge in [-0.1, -0.05) is 43.3 Å². The van der Waals surface area contributed by atoms with E-state index in [1.807, 2.05) is 49.4 Å². The van der Waals surface area contributed by atoms with E-state index in [4.69, 9.17) is 4.74 Å². The Hall–Kier alpha value is -2.34. The molecule has 0 bridgehead atoms. The minimum Gasteiger partial charge on any atom is -0.465 e. The van der Waals surface area contributed by atoms with Gasteiger partial charge in [-0.2, -0.15) is 13.2 Å². The molecule has 2 aromatic rings. The van der Waals surface area contributed by atoms with Crippen molar-refractivity contribution in [3.05, 3.63) is 70.8 Å². The number of hydrogen-bond acceptors (Lipinski definition) is 3. The molecule has 6 heteroatoms. The number of halogens is 3. The van der Waals surface area contributed by atoms with Crippen LogP contribution in [0, 0.1) is 5.41 Å². The molecule has 0 saturated heterocycles. The minimum absolute atomic E-state index is 0.221. The molecule has 0 aliphatic heterocycles. The maximum Gasteiger partial charge on any atom is 0.417 e. The Labute approximate surface area is 186 Å². The summed E-state index contributed by atoms with van der Waals surface area (Å²) in [5.74, 6) is -0.424. The lowest BCUT2D eigenvalue weighted by Crippen LogP contribution is -2.60. The quantitative estimate of drug-likeness (QED) is 0.609. The van der Waals surface area contributed by atoms with Crippen molar-refractivity contribution in [1.82, 2.24) is 0 Å². The second-order valence-corrected chi connectivity index (χ2v) is 9.73. The van der Waals surface area contributed by atoms with Crippen molar-refractivity contribution in [3.63, 3.8) is 0 Å². The number of aryl methyl sites for hydroxylation is 1. The van der Waals surface area contributed by atoms with Crippen LogP contribution in [0.3, 0.4) is 0 Å². The number of benzene rings is 2. The maximum absolute atomic E-state index is 13.9. The van der Waals surface area contributed by atoms with Crippen molar-refractivity contribution in [2.45, 2.75) is 69.1 Å². The lowest BCUT2D eigenvalue weighted by atomic mass is 9.48. The summed E-state index contributed by atoms with van der Waals surface area (Å²) in [6, 6.07) is 15.3. The average Bonchev–Trinajstić information content (AvgIpc) is 2.86. The molecule has 3 atom stereocenters. The maximum atomic E-state index is 13.9. The molecule has 1 N–H and O–H groups in total. The van der Waals surface area contributed by atoms with Gasteiger partial charge in [-0.15, -0.1) is 0 Å². The van der Waals surface area contributed by atoms with Crippen LogP contribution in [-0.4, -0.2) is 30.0 Å². The van der Waals surface area contributed by atoms with Crippen LogP contribution in [0.5, 0.6) is 0 Å². The van der Waals surface area contributed by atoms with Crippen molar-refractivity contribution < 1.29 is 27.8 Å². The summed E-state index contributed by atoms with van der Waals surface area (Å²) in [6.07, 6.45) is -2.58. The van der Waals surface area contributed by atoms with E-state index in [0.717, 1.165) is 16.7 Å². The summed E-state index contributed by atoms with van der Waals surface area (Å²) < 4.78 is 46.5. The summed E-state index contributed by atoms with van der Waals surface area (Å²) in [6.45, 7) is 1.91. The van der Waals surface area contributed by atoms with E-state index in [0.29, 0.717) is 31.2 Å². The highest BCUT2D eigenvalue weighted by Gasteiger charge is 2.65. The number of aliphatic hydroxyl groups is 1. The average molecular weight is 447 g/mol. The monoisotopic (exact) mass is 446 g/mol. The highest BCUT2D eigenvalue weighted by molar-refractivity contribution is 5.89. The van der Waals surface area contributed by atoms with E-state index in [9.17, 15) is 23.1 Å². The first-order valence-electron chi connectivity index (χ1n) is 11.1. The predicted molar refractivity (Wildman–Crippen MR) is 116 cm³/mol.